The van der Waals surface area contributed by atoms with Crippen LogP contribution in [0.2, 0.25) is 0 Å². The highest BCUT2D eigenvalue weighted by atomic mass is 127. The van der Waals surface area contributed by atoms with Crippen molar-refractivity contribution in [1.29, 1.82) is 0 Å². The summed E-state index contributed by atoms with van der Waals surface area (Å²) < 4.78 is 31.3. The molecule has 0 aromatic rings. The molecule has 0 aliphatic carbocycles. The Morgan fingerprint density at radius 3 is 2.42 bits per heavy atom. The molecule has 0 heterocycles. The van der Waals surface area contributed by atoms with E-state index >= 15 is 0 Å². The highest BCUT2D eigenvalue weighted by molar-refractivity contribution is 14.1. The molecular weight excluding hydrogens is 396 g/mol. The fourth-order valence-corrected chi connectivity index (χ4v) is 1.25. The molecular formula is C6H10F2I2O2. The van der Waals surface area contributed by atoms with Gasteiger partial charge in [-0.3, -0.25) is 0 Å². The Hall–Kier alpha value is 1.24. The Morgan fingerprint density at radius 2 is 2.08 bits per heavy atom. The van der Waals surface area contributed by atoms with Crippen molar-refractivity contribution in [2.45, 2.75) is 17.1 Å². The molecule has 0 saturated carbocycles. The molecule has 0 fully saturated rings. The number of hydrogen-bond donors (Lipinski definition) is 0. The minimum atomic E-state index is -3.08. The summed E-state index contributed by atoms with van der Waals surface area (Å²) >= 11 is 3.01. The third kappa shape index (κ3) is 7.87. The lowest BCUT2D eigenvalue weighted by molar-refractivity contribution is -0.165. The molecule has 74 valence electrons. The van der Waals surface area contributed by atoms with E-state index in [-0.39, 0.29) is 12.7 Å². The van der Waals surface area contributed by atoms with E-state index in [1.807, 2.05) is 6.92 Å². The van der Waals surface area contributed by atoms with Crippen LogP contribution in [0.1, 0.15) is 6.92 Å². The summed E-state index contributed by atoms with van der Waals surface area (Å²) in [6, 6.07) is 0. The van der Waals surface area contributed by atoms with Gasteiger partial charge in [0.25, 0.3) is 0 Å². The van der Waals surface area contributed by atoms with Crippen molar-refractivity contribution in [2.24, 2.45) is 0 Å². The fraction of sp³-hybridized carbons (Fsp3) is 1.00. The van der Waals surface area contributed by atoms with E-state index in [1.54, 1.807) is 0 Å². The molecule has 1 atom stereocenters. The normalized spacial score (nSPS) is 14.8. The van der Waals surface area contributed by atoms with Gasteiger partial charge >= 0.3 is 4.12 Å². The maximum absolute atomic E-state index is 12.2. The average Bonchev–Trinajstić information content (AvgIpc) is 1.96. The first-order valence-electron chi connectivity index (χ1n) is 3.37. The maximum atomic E-state index is 12.2. The predicted octanol–water partition coefficient (Wildman–Crippen LogP) is 2.83. The monoisotopic (exact) mass is 406 g/mol. The van der Waals surface area contributed by atoms with Crippen molar-refractivity contribution >= 4 is 45.2 Å². The van der Waals surface area contributed by atoms with Gasteiger partial charge in [-0.25, -0.2) is 0 Å². The number of hydrogen-bond acceptors (Lipinski definition) is 2. The van der Waals surface area contributed by atoms with Gasteiger partial charge in [0.2, 0.25) is 0 Å². The van der Waals surface area contributed by atoms with E-state index in [4.69, 9.17) is 4.74 Å². The van der Waals surface area contributed by atoms with Crippen LogP contribution in [0.15, 0.2) is 0 Å². The van der Waals surface area contributed by atoms with Gasteiger partial charge in [0.05, 0.1) is 12.7 Å². The number of rotatable bonds is 6. The molecule has 12 heavy (non-hydrogen) atoms. The van der Waals surface area contributed by atoms with Gasteiger partial charge in [-0.15, -0.1) is 0 Å². The molecule has 0 saturated heterocycles. The summed E-state index contributed by atoms with van der Waals surface area (Å²) in [4.78, 5) is 0. The summed E-state index contributed by atoms with van der Waals surface area (Å²) in [6.45, 7) is 2.28. The zero-order chi connectivity index (χ0) is 9.61. The minimum Gasteiger partial charge on any atom is -0.375 e. The van der Waals surface area contributed by atoms with E-state index in [9.17, 15) is 8.78 Å². The summed E-state index contributed by atoms with van der Waals surface area (Å²) in [6.07, 6.45) is -0.240. The fourth-order valence-electron chi connectivity index (χ4n) is 0.560. The van der Waals surface area contributed by atoms with Gasteiger partial charge in [-0.1, -0.05) is 22.6 Å². The second-order valence-electron chi connectivity index (χ2n) is 1.99. The Bertz CT molecular complexity index is 119. The van der Waals surface area contributed by atoms with Crippen LogP contribution < -0.4 is 0 Å². The second kappa shape index (κ2) is 6.66. The van der Waals surface area contributed by atoms with Crippen molar-refractivity contribution in [3.8, 4) is 0 Å². The van der Waals surface area contributed by atoms with Crippen molar-refractivity contribution in [3.63, 3.8) is 0 Å². The molecule has 0 bridgehead atoms. The Balaban J connectivity index is 3.58. The second-order valence-corrected chi connectivity index (χ2v) is 4.13. The lowest BCUT2D eigenvalue weighted by Gasteiger charge is -2.16. The number of alkyl halides is 4. The molecule has 0 aliphatic heterocycles. The maximum Gasteiger partial charge on any atom is 0.407 e. The highest BCUT2D eigenvalue weighted by Gasteiger charge is 2.26. The largest absolute Gasteiger partial charge is 0.407 e. The minimum absolute atomic E-state index is 0.0628. The molecule has 0 aromatic heterocycles. The molecule has 0 spiro atoms. The summed E-state index contributed by atoms with van der Waals surface area (Å²) in [5, 5.41) is 0. The highest BCUT2D eigenvalue weighted by Crippen LogP contribution is 2.24. The molecule has 2 nitrogen and oxygen atoms in total. The van der Waals surface area contributed by atoms with Gasteiger partial charge in [0.15, 0.2) is 0 Å². The lowest BCUT2D eigenvalue weighted by Crippen LogP contribution is -2.25. The van der Waals surface area contributed by atoms with Crippen molar-refractivity contribution < 1.29 is 18.3 Å². The van der Waals surface area contributed by atoms with Crippen LogP contribution in [-0.4, -0.2) is 27.9 Å². The van der Waals surface area contributed by atoms with Crippen LogP contribution in [0, 0.1) is 0 Å². The quantitative estimate of drug-likeness (QED) is 0.499. The zero-order valence-corrected chi connectivity index (χ0v) is 10.8. The van der Waals surface area contributed by atoms with E-state index < -0.39 is 4.12 Å². The van der Waals surface area contributed by atoms with Crippen molar-refractivity contribution in [1.82, 2.24) is 0 Å². The zero-order valence-electron chi connectivity index (χ0n) is 6.53. The van der Waals surface area contributed by atoms with Crippen LogP contribution in [0.4, 0.5) is 8.78 Å². The molecule has 1 unspecified atom stereocenters. The van der Waals surface area contributed by atoms with Crippen LogP contribution in [0.25, 0.3) is 0 Å². The SMILES string of the molecule is CCOC(CI)COC(F)(F)I. The predicted molar refractivity (Wildman–Crippen MR) is 59.2 cm³/mol. The standard InChI is InChI=1S/C6H10F2I2O2/c1-2-11-5(3-9)4-12-6(7,8)10/h5H,2-4H2,1H3. The number of ether oxygens (including phenoxy) is 2. The van der Waals surface area contributed by atoms with Crippen molar-refractivity contribution in [3.05, 3.63) is 0 Å². The van der Waals surface area contributed by atoms with E-state index in [0.29, 0.717) is 11.0 Å². The Labute approximate surface area is 97.6 Å². The van der Waals surface area contributed by atoms with E-state index in [0.717, 1.165) is 22.6 Å². The lowest BCUT2D eigenvalue weighted by atomic mass is 10.4. The molecule has 0 radical (unpaired) electrons. The van der Waals surface area contributed by atoms with E-state index in [1.165, 1.54) is 0 Å². The third-order valence-electron chi connectivity index (χ3n) is 1.01. The molecule has 0 rings (SSSR count). The van der Waals surface area contributed by atoms with Crippen LogP contribution >= 0.6 is 45.2 Å². The van der Waals surface area contributed by atoms with Gasteiger partial charge in [0, 0.05) is 33.6 Å². The third-order valence-corrected chi connectivity index (χ3v) is 2.30. The van der Waals surface area contributed by atoms with Gasteiger partial charge in [-0.05, 0) is 6.92 Å². The Morgan fingerprint density at radius 1 is 1.50 bits per heavy atom. The first-order chi connectivity index (χ1) is 5.49. The summed E-state index contributed by atoms with van der Waals surface area (Å²) in [5.74, 6) is 0. The van der Waals surface area contributed by atoms with Crippen LogP contribution in [0.5, 0.6) is 0 Å². The average molecular weight is 406 g/mol. The van der Waals surface area contributed by atoms with E-state index in [2.05, 4.69) is 27.3 Å². The van der Waals surface area contributed by atoms with Gasteiger partial charge < -0.3 is 9.47 Å². The molecule has 0 N–H and O–H groups in total. The first kappa shape index (κ1) is 13.2. The smallest absolute Gasteiger partial charge is 0.375 e. The summed E-state index contributed by atoms with van der Waals surface area (Å²) in [5.41, 5.74) is 0. The topological polar surface area (TPSA) is 18.5 Å². The van der Waals surface area contributed by atoms with Gasteiger partial charge in [0.1, 0.15) is 0 Å². The molecule has 6 heteroatoms. The number of halogens is 4. The van der Waals surface area contributed by atoms with Crippen LogP contribution in [0.3, 0.4) is 0 Å². The Kier molecular flexibility index (Phi) is 7.35. The van der Waals surface area contributed by atoms with Crippen molar-refractivity contribution in [2.75, 3.05) is 17.6 Å². The van der Waals surface area contributed by atoms with Crippen LogP contribution in [-0.2, 0) is 9.47 Å². The molecule has 0 amide bonds. The summed E-state index contributed by atoms with van der Waals surface area (Å²) in [7, 11) is 0. The molecule has 0 aliphatic rings. The van der Waals surface area contributed by atoms with Gasteiger partial charge in [-0.2, -0.15) is 8.78 Å². The molecule has 0 aromatic carbocycles. The first-order valence-corrected chi connectivity index (χ1v) is 5.98.